The van der Waals surface area contributed by atoms with Gasteiger partial charge < -0.3 is 15.4 Å². The molecule has 0 bridgehead atoms. The second kappa shape index (κ2) is 7.93. The fourth-order valence-electron chi connectivity index (χ4n) is 2.04. The summed E-state index contributed by atoms with van der Waals surface area (Å²) in [7, 11) is 0. The predicted molar refractivity (Wildman–Crippen MR) is 85.9 cm³/mol. The first kappa shape index (κ1) is 16.5. The lowest BCUT2D eigenvalue weighted by molar-refractivity contribution is -0.143. The molecule has 0 saturated heterocycles. The second-order valence-electron chi connectivity index (χ2n) is 4.83. The lowest BCUT2D eigenvalue weighted by Gasteiger charge is -2.07. The summed E-state index contributed by atoms with van der Waals surface area (Å²) in [5.41, 5.74) is 0.474. The molecule has 0 heterocycles. The molecule has 0 aliphatic heterocycles. The summed E-state index contributed by atoms with van der Waals surface area (Å²) in [5, 5.41) is 6.88. The number of fused-ring (bicyclic) bond motifs is 1. The highest BCUT2D eigenvalue weighted by atomic mass is 16.5. The molecule has 6 heteroatoms. The SMILES string of the molecule is CCOC(=O)CNC(=O)CNC(=O)c1ccc2ccccc2c1. The average molecular weight is 314 g/mol. The van der Waals surface area contributed by atoms with Gasteiger partial charge in [-0.25, -0.2) is 0 Å². The van der Waals surface area contributed by atoms with Gasteiger partial charge in [-0.3, -0.25) is 14.4 Å². The molecule has 2 N–H and O–H groups in total. The Morgan fingerprint density at radius 1 is 0.957 bits per heavy atom. The van der Waals surface area contributed by atoms with Gasteiger partial charge in [0.25, 0.3) is 5.91 Å². The highest BCUT2D eigenvalue weighted by molar-refractivity contribution is 6.00. The first-order valence-electron chi connectivity index (χ1n) is 7.29. The monoisotopic (exact) mass is 314 g/mol. The lowest BCUT2D eigenvalue weighted by atomic mass is 10.1. The van der Waals surface area contributed by atoms with E-state index in [1.165, 1.54) is 0 Å². The largest absolute Gasteiger partial charge is 0.465 e. The van der Waals surface area contributed by atoms with E-state index in [9.17, 15) is 14.4 Å². The van der Waals surface area contributed by atoms with Crippen LogP contribution < -0.4 is 10.6 Å². The summed E-state index contributed by atoms with van der Waals surface area (Å²) < 4.78 is 4.69. The molecule has 0 radical (unpaired) electrons. The van der Waals surface area contributed by atoms with Crippen molar-refractivity contribution in [2.75, 3.05) is 19.7 Å². The van der Waals surface area contributed by atoms with Crippen LogP contribution in [0, 0.1) is 0 Å². The minimum atomic E-state index is -0.512. The van der Waals surface area contributed by atoms with Gasteiger partial charge in [0, 0.05) is 5.56 Å². The first-order chi connectivity index (χ1) is 11.1. The summed E-state index contributed by atoms with van der Waals surface area (Å²) >= 11 is 0. The standard InChI is InChI=1S/C17H18N2O4/c1-2-23-16(21)11-18-15(20)10-19-17(22)14-8-7-12-5-3-4-6-13(12)9-14/h3-9H,2,10-11H2,1H3,(H,18,20)(H,19,22). The first-order valence-corrected chi connectivity index (χ1v) is 7.29. The van der Waals surface area contributed by atoms with E-state index < -0.39 is 11.9 Å². The number of esters is 1. The Kier molecular flexibility index (Phi) is 5.68. The third-order valence-electron chi connectivity index (χ3n) is 3.16. The van der Waals surface area contributed by atoms with Gasteiger partial charge in [-0.2, -0.15) is 0 Å². The van der Waals surface area contributed by atoms with Gasteiger partial charge >= 0.3 is 5.97 Å². The zero-order valence-corrected chi connectivity index (χ0v) is 12.8. The van der Waals surface area contributed by atoms with Crippen LogP contribution in [-0.2, 0) is 14.3 Å². The number of nitrogens with one attached hydrogen (secondary N) is 2. The molecule has 0 aliphatic carbocycles. The molecule has 2 rings (SSSR count). The molecule has 0 atom stereocenters. The van der Waals surface area contributed by atoms with Crippen LogP contribution in [0.25, 0.3) is 10.8 Å². The van der Waals surface area contributed by atoms with E-state index in [1.54, 1.807) is 19.1 Å². The Bertz CT molecular complexity index is 727. The number of ether oxygens (including phenoxy) is 1. The van der Waals surface area contributed by atoms with Crippen molar-refractivity contribution in [3.63, 3.8) is 0 Å². The van der Waals surface area contributed by atoms with Crippen molar-refractivity contribution >= 4 is 28.6 Å². The third kappa shape index (κ3) is 4.81. The molecule has 120 valence electrons. The number of amides is 2. The summed E-state index contributed by atoms with van der Waals surface area (Å²) in [6.45, 7) is 1.53. The zero-order valence-electron chi connectivity index (χ0n) is 12.8. The van der Waals surface area contributed by atoms with E-state index in [1.807, 2.05) is 30.3 Å². The quantitative estimate of drug-likeness (QED) is 0.786. The average Bonchev–Trinajstić information content (AvgIpc) is 2.57. The minimum Gasteiger partial charge on any atom is -0.465 e. The van der Waals surface area contributed by atoms with Crippen molar-refractivity contribution in [3.05, 3.63) is 48.0 Å². The van der Waals surface area contributed by atoms with E-state index in [0.29, 0.717) is 5.56 Å². The van der Waals surface area contributed by atoms with Crippen LogP contribution in [-0.4, -0.2) is 37.5 Å². The Morgan fingerprint density at radius 3 is 2.43 bits per heavy atom. The molecule has 2 aromatic carbocycles. The number of carbonyl (C=O) groups excluding carboxylic acids is 3. The molecule has 23 heavy (non-hydrogen) atoms. The van der Waals surface area contributed by atoms with E-state index in [4.69, 9.17) is 0 Å². The van der Waals surface area contributed by atoms with Crippen molar-refractivity contribution in [1.82, 2.24) is 10.6 Å². The molecular weight excluding hydrogens is 296 g/mol. The molecule has 6 nitrogen and oxygen atoms in total. The Hall–Kier alpha value is -2.89. The molecule has 2 amide bonds. The van der Waals surface area contributed by atoms with Crippen molar-refractivity contribution in [3.8, 4) is 0 Å². The molecule has 0 aromatic heterocycles. The highest BCUT2D eigenvalue weighted by Crippen LogP contribution is 2.15. The number of rotatable bonds is 6. The molecule has 0 saturated carbocycles. The van der Waals surface area contributed by atoms with Crippen molar-refractivity contribution in [2.24, 2.45) is 0 Å². The maximum absolute atomic E-state index is 12.1. The number of hydrogen-bond acceptors (Lipinski definition) is 4. The lowest BCUT2D eigenvalue weighted by Crippen LogP contribution is -2.39. The highest BCUT2D eigenvalue weighted by Gasteiger charge is 2.10. The van der Waals surface area contributed by atoms with E-state index in [2.05, 4.69) is 15.4 Å². The summed E-state index contributed by atoms with van der Waals surface area (Å²) in [6.07, 6.45) is 0. The van der Waals surface area contributed by atoms with Gasteiger partial charge in [0.15, 0.2) is 0 Å². The van der Waals surface area contributed by atoms with Crippen molar-refractivity contribution < 1.29 is 19.1 Å². The van der Waals surface area contributed by atoms with Crippen molar-refractivity contribution in [1.29, 1.82) is 0 Å². The van der Waals surface area contributed by atoms with Crippen LogP contribution in [0.2, 0.25) is 0 Å². The van der Waals surface area contributed by atoms with Crippen LogP contribution in [0.1, 0.15) is 17.3 Å². The Labute approximate surface area is 133 Å². The maximum atomic E-state index is 12.1. The summed E-state index contributed by atoms with van der Waals surface area (Å²) in [6, 6.07) is 13.0. The molecular formula is C17H18N2O4. The third-order valence-corrected chi connectivity index (χ3v) is 3.16. The molecule has 0 spiro atoms. The maximum Gasteiger partial charge on any atom is 0.325 e. The molecule has 0 fully saturated rings. The minimum absolute atomic E-state index is 0.203. The predicted octanol–water partition coefficient (Wildman–Crippen LogP) is 1.25. The van der Waals surface area contributed by atoms with Gasteiger partial charge in [-0.15, -0.1) is 0 Å². The summed E-state index contributed by atoms with van der Waals surface area (Å²) in [5.74, 6) is -1.31. The second-order valence-corrected chi connectivity index (χ2v) is 4.83. The van der Waals surface area contributed by atoms with E-state index >= 15 is 0 Å². The van der Waals surface area contributed by atoms with Crippen LogP contribution in [0.5, 0.6) is 0 Å². The molecule has 0 aliphatic rings. The molecule has 2 aromatic rings. The van der Waals surface area contributed by atoms with E-state index in [-0.39, 0.29) is 25.6 Å². The fourth-order valence-corrected chi connectivity index (χ4v) is 2.04. The normalized spacial score (nSPS) is 10.1. The van der Waals surface area contributed by atoms with Crippen LogP contribution in [0.4, 0.5) is 0 Å². The molecule has 0 unspecified atom stereocenters. The van der Waals surface area contributed by atoms with Gasteiger partial charge in [-0.05, 0) is 29.8 Å². The number of carbonyl (C=O) groups is 3. The summed E-state index contributed by atoms with van der Waals surface area (Å²) in [4.78, 5) is 34.7. The topological polar surface area (TPSA) is 84.5 Å². The van der Waals surface area contributed by atoms with Gasteiger partial charge in [-0.1, -0.05) is 30.3 Å². The van der Waals surface area contributed by atoms with E-state index in [0.717, 1.165) is 10.8 Å². The van der Waals surface area contributed by atoms with Gasteiger partial charge in [0.05, 0.1) is 13.2 Å². The van der Waals surface area contributed by atoms with Gasteiger partial charge in [0.1, 0.15) is 6.54 Å². The smallest absolute Gasteiger partial charge is 0.325 e. The Morgan fingerprint density at radius 2 is 1.70 bits per heavy atom. The van der Waals surface area contributed by atoms with Gasteiger partial charge in [0.2, 0.25) is 5.91 Å². The zero-order chi connectivity index (χ0) is 16.7. The van der Waals surface area contributed by atoms with Crippen LogP contribution >= 0.6 is 0 Å². The van der Waals surface area contributed by atoms with Crippen LogP contribution in [0.15, 0.2) is 42.5 Å². The fraction of sp³-hybridized carbons (Fsp3) is 0.235. The Balaban J connectivity index is 1.86. The number of benzene rings is 2. The number of hydrogen-bond donors (Lipinski definition) is 2. The van der Waals surface area contributed by atoms with Crippen molar-refractivity contribution in [2.45, 2.75) is 6.92 Å². The van der Waals surface area contributed by atoms with Crippen LogP contribution in [0.3, 0.4) is 0 Å².